The molecule has 1 heterocycles. The van der Waals surface area contributed by atoms with Gasteiger partial charge in [0.25, 0.3) is 0 Å². The van der Waals surface area contributed by atoms with Crippen LogP contribution in [0.25, 0.3) is 0 Å². The molecule has 3 N–H and O–H groups in total. The lowest BCUT2D eigenvalue weighted by atomic mass is 10.1. The number of rotatable bonds is 0. The van der Waals surface area contributed by atoms with Crippen LogP contribution in [0.15, 0.2) is 0 Å². The standard InChI is InChI=1S/C6H13NO2/c8-5-2-1-3-7-4-6(5)9/h5-9H,1-4H2/t5-,6+/m0/s1. The van der Waals surface area contributed by atoms with E-state index < -0.39 is 12.2 Å². The predicted molar refractivity (Wildman–Crippen MR) is 34.1 cm³/mol. The molecule has 1 fully saturated rings. The lowest BCUT2D eigenvalue weighted by Crippen LogP contribution is -2.32. The van der Waals surface area contributed by atoms with Crippen LogP contribution in [0.1, 0.15) is 12.8 Å². The number of hydrogen-bond donors (Lipinski definition) is 3. The minimum Gasteiger partial charge on any atom is -0.390 e. The van der Waals surface area contributed by atoms with Crippen LogP contribution in [0.5, 0.6) is 0 Å². The lowest BCUT2D eigenvalue weighted by molar-refractivity contribution is 0.0228. The van der Waals surface area contributed by atoms with Gasteiger partial charge >= 0.3 is 0 Å². The first-order valence-electron chi connectivity index (χ1n) is 3.37. The van der Waals surface area contributed by atoms with Crippen LogP contribution in [-0.4, -0.2) is 35.5 Å². The predicted octanol–water partition coefficient (Wildman–Crippen LogP) is -0.908. The highest BCUT2D eigenvalue weighted by molar-refractivity contribution is 4.73. The number of aliphatic hydroxyl groups excluding tert-OH is 2. The molecule has 0 bridgehead atoms. The Hall–Kier alpha value is -0.120. The Morgan fingerprint density at radius 2 is 2.00 bits per heavy atom. The highest BCUT2D eigenvalue weighted by Gasteiger charge is 2.17. The minimum atomic E-state index is -0.563. The van der Waals surface area contributed by atoms with E-state index in [1.807, 2.05) is 0 Å². The molecule has 1 aliphatic rings. The van der Waals surface area contributed by atoms with Crippen LogP contribution in [0.2, 0.25) is 0 Å². The molecule has 0 radical (unpaired) electrons. The first-order valence-corrected chi connectivity index (χ1v) is 3.37. The van der Waals surface area contributed by atoms with Crippen molar-refractivity contribution < 1.29 is 10.2 Å². The van der Waals surface area contributed by atoms with E-state index in [1.54, 1.807) is 0 Å². The molecule has 3 nitrogen and oxygen atoms in total. The molecule has 0 spiro atoms. The van der Waals surface area contributed by atoms with Crippen molar-refractivity contribution in [2.24, 2.45) is 0 Å². The molecule has 0 aromatic heterocycles. The van der Waals surface area contributed by atoms with Crippen molar-refractivity contribution in [1.82, 2.24) is 5.32 Å². The summed E-state index contributed by atoms with van der Waals surface area (Å²) in [4.78, 5) is 0. The molecule has 1 saturated heterocycles. The van der Waals surface area contributed by atoms with E-state index in [-0.39, 0.29) is 0 Å². The van der Waals surface area contributed by atoms with Gasteiger partial charge < -0.3 is 15.5 Å². The van der Waals surface area contributed by atoms with E-state index in [1.165, 1.54) is 0 Å². The van der Waals surface area contributed by atoms with Crippen LogP contribution in [0.3, 0.4) is 0 Å². The van der Waals surface area contributed by atoms with Crippen molar-refractivity contribution in [1.29, 1.82) is 0 Å². The van der Waals surface area contributed by atoms with Crippen LogP contribution in [0.4, 0.5) is 0 Å². The second-order valence-corrected chi connectivity index (χ2v) is 2.48. The van der Waals surface area contributed by atoms with Crippen LogP contribution in [0, 0.1) is 0 Å². The zero-order valence-corrected chi connectivity index (χ0v) is 5.38. The fourth-order valence-electron chi connectivity index (χ4n) is 1.01. The number of nitrogens with one attached hydrogen (secondary N) is 1. The Balaban J connectivity index is 2.32. The summed E-state index contributed by atoms with van der Waals surface area (Å²) in [6.45, 7) is 1.44. The normalized spacial score (nSPS) is 38.0. The molecule has 0 saturated carbocycles. The minimum absolute atomic E-state index is 0.514. The second-order valence-electron chi connectivity index (χ2n) is 2.48. The summed E-state index contributed by atoms with van der Waals surface area (Å²) in [6, 6.07) is 0. The molecule has 0 aliphatic carbocycles. The van der Waals surface area contributed by atoms with E-state index in [2.05, 4.69) is 5.32 Å². The van der Waals surface area contributed by atoms with E-state index in [9.17, 15) is 0 Å². The Labute approximate surface area is 54.7 Å². The first-order chi connectivity index (χ1) is 4.30. The van der Waals surface area contributed by atoms with Gasteiger partial charge in [0.15, 0.2) is 0 Å². The Kier molecular flexibility index (Phi) is 2.45. The van der Waals surface area contributed by atoms with E-state index in [0.29, 0.717) is 13.0 Å². The largest absolute Gasteiger partial charge is 0.390 e. The molecular formula is C6H13NO2. The van der Waals surface area contributed by atoms with Crippen LogP contribution < -0.4 is 5.32 Å². The maximum Gasteiger partial charge on any atom is 0.0923 e. The van der Waals surface area contributed by atoms with Gasteiger partial charge in [0.1, 0.15) is 0 Å². The van der Waals surface area contributed by atoms with Crippen molar-refractivity contribution in [2.45, 2.75) is 25.0 Å². The summed E-state index contributed by atoms with van der Waals surface area (Å²) in [5, 5.41) is 21.1. The maximum atomic E-state index is 9.07. The summed E-state index contributed by atoms with van der Waals surface area (Å²) >= 11 is 0. The number of aliphatic hydroxyl groups is 2. The Bertz CT molecular complexity index is 77.1. The average molecular weight is 131 g/mol. The lowest BCUT2D eigenvalue weighted by Gasteiger charge is -2.12. The fourth-order valence-corrected chi connectivity index (χ4v) is 1.01. The maximum absolute atomic E-state index is 9.07. The molecule has 0 aromatic rings. The van der Waals surface area contributed by atoms with Crippen molar-refractivity contribution in [3.05, 3.63) is 0 Å². The van der Waals surface area contributed by atoms with Crippen molar-refractivity contribution >= 4 is 0 Å². The Morgan fingerprint density at radius 3 is 2.78 bits per heavy atom. The van der Waals surface area contributed by atoms with Gasteiger partial charge in [-0.15, -0.1) is 0 Å². The van der Waals surface area contributed by atoms with Crippen LogP contribution in [-0.2, 0) is 0 Å². The monoisotopic (exact) mass is 131 g/mol. The first kappa shape index (κ1) is 6.99. The molecule has 2 atom stereocenters. The molecule has 54 valence electrons. The summed E-state index contributed by atoms with van der Waals surface area (Å²) in [6.07, 6.45) is 0.597. The quantitative estimate of drug-likeness (QED) is 0.399. The molecular weight excluding hydrogens is 118 g/mol. The van der Waals surface area contributed by atoms with Gasteiger partial charge in [-0.2, -0.15) is 0 Å². The van der Waals surface area contributed by atoms with Crippen molar-refractivity contribution in [2.75, 3.05) is 13.1 Å². The summed E-state index contributed by atoms with van der Waals surface area (Å²) < 4.78 is 0. The van der Waals surface area contributed by atoms with Gasteiger partial charge in [-0.05, 0) is 19.4 Å². The van der Waals surface area contributed by atoms with Gasteiger partial charge in [-0.3, -0.25) is 0 Å². The third kappa shape index (κ3) is 1.93. The molecule has 9 heavy (non-hydrogen) atoms. The van der Waals surface area contributed by atoms with E-state index >= 15 is 0 Å². The van der Waals surface area contributed by atoms with Crippen molar-refractivity contribution in [3.8, 4) is 0 Å². The Morgan fingerprint density at radius 1 is 1.22 bits per heavy atom. The average Bonchev–Trinajstić information content (AvgIpc) is 1.99. The van der Waals surface area contributed by atoms with Gasteiger partial charge in [0, 0.05) is 6.54 Å². The van der Waals surface area contributed by atoms with Gasteiger partial charge in [0.05, 0.1) is 12.2 Å². The zero-order valence-electron chi connectivity index (χ0n) is 5.38. The molecule has 0 aromatic carbocycles. The van der Waals surface area contributed by atoms with Crippen molar-refractivity contribution in [3.63, 3.8) is 0 Å². The van der Waals surface area contributed by atoms with Gasteiger partial charge in [-0.1, -0.05) is 0 Å². The highest BCUT2D eigenvalue weighted by Crippen LogP contribution is 2.04. The molecule has 3 heteroatoms. The summed E-state index contributed by atoms with van der Waals surface area (Å²) in [5.74, 6) is 0. The SMILES string of the molecule is O[C@@H]1CNCCC[C@@H]1O. The third-order valence-electron chi connectivity index (χ3n) is 1.65. The topological polar surface area (TPSA) is 52.5 Å². The number of β-amino-alcohol motifs (C(OH)–C–C–N with tert-alkyl or cyclic N) is 1. The third-order valence-corrected chi connectivity index (χ3v) is 1.65. The molecule has 0 amide bonds. The smallest absolute Gasteiger partial charge is 0.0923 e. The highest BCUT2D eigenvalue weighted by atomic mass is 16.3. The summed E-state index contributed by atoms with van der Waals surface area (Å²) in [7, 11) is 0. The van der Waals surface area contributed by atoms with Gasteiger partial charge in [-0.25, -0.2) is 0 Å². The number of hydrogen-bond acceptors (Lipinski definition) is 3. The summed E-state index contributed by atoms with van der Waals surface area (Å²) in [5.41, 5.74) is 0. The van der Waals surface area contributed by atoms with Crippen LogP contribution >= 0.6 is 0 Å². The molecule has 0 unspecified atom stereocenters. The zero-order chi connectivity index (χ0) is 6.69. The van der Waals surface area contributed by atoms with E-state index in [4.69, 9.17) is 10.2 Å². The van der Waals surface area contributed by atoms with Gasteiger partial charge in [0.2, 0.25) is 0 Å². The fraction of sp³-hybridized carbons (Fsp3) is 1.00. The molecule has 1 rings (SSSR count). The van der Waals surface area contributed by atoms with E-state index in [0.717, 1.165) is 13.0 Å². The second kappa shape index (κ2) is 3.15. The molecule has 1 aliphatic heterocycles.